The van der Waals surface area contributed by atoms with Gasteiger partial charge in [0.1, 0.15) is 0 Å². The molecule has 2 heteroatoms. The van der Waals surface area contributed by atoms with Gasteiger partial charge in [-0.2, -0.15) is 0 Å². The fourth-order valence-corrected chi connectivity index (χ4v) is 14.0. The van der Waals surface area contributed by atoms with Crippen molar-refractivity contribution in [3.63, 3.8) is 0 Å². The third-order valence-corrected chi connectivity index (χ3v) is 16.6. The van der Waals surface area contributed by atoms with E-state index in [9.17, 15) is 0 Å². The van der Waals surface area contributed by atoms with Gasteiger partial charge >= 0.3 is 0 Å². The Kier molecular flexibility index (Phi) is 7.46. The Morgan fingerprint density at radius 2 is 0.485 bits per heavy atom. The summed E-state index contributed by atoms with van der Waals surface area (Å²) < 4.78 is 2.19. The minimum atomic E-state index is -0.450. The average Bonchev–Trinajstić information content (AvgIpc) is 4.03. The van der Waals surface area contributed by atoms with E-state index in [0.29, 0.717) is 0 Å². The van der Waals surface area contributed by atoms with Gasteiger partial charge in [0, 0.05) is 8.95 Å². The highest BCUT2D eigenvalue weighted by Crippen LogP contribution is 2.65. The Balaban J connectivity index is 0.998. The second kappa shape index (κ2) is 13.3. The van der Waals surface area contributed by atoms with E-state index < -0.39 is 10.8 Å². The summed E-state index contributed by atoms with van der Waals surface area (Å²) in [6, 6.07) is 83.0. The Bertz CT molecular complexity index is 3650. The van der Waals surface area contributed by atoms with Crippen LogP contribution in [0.25, 0.3) is 88.3 Å². The van der Waals surface area contributed by atoms with Crippen LogP contribution in [0.2, 0.25) is 0 Å². The van der Waals surface area contributed by atoms with Gasteiger partial charge in [0.25, 0.3) is 0 Å². The molecule has 0 amide bonds. The third-order valence-electron chi connectivity index (χ3n) is 15.6. The van der Waals surface area contributed by atoms with Crippen molar-refractivity contribution in [3.8, 4) is 66.8 Å². The molecule has 0 saturated heterocycles. The molecule has 0 aromatic heterocycles. The van der Waals surface area contributed by atoms with Gasteiger partial charge in [0.05, 0.1) is 10.8 Å². The van der Waals surface area contributed by atoms with Crippen molar-refractivity contribution in [2.75, 3.05) is 0 Å². The molecule has 2 atom stereocenters. The normalized spacial score (nSPS) is 17.4. The third kappa shape index (κ3) is 4.49. The van der Waals surface area contributed by atoms with E-state index in [1.807, 2.05) is 0 Å². The molecule has 0 saturated carbocycles. The molecule has 2 unspecified atom stereocenters. The van der Waals surface area contributed by atoms with E-state index in [1.165, 1.54) is 133 Å². The molecule has 15 rings (SSSR count). The average molecular weight is 965 g/mol. The maximum Gasteiger partial charge on any atom is 0.0726 e. The molecule has 4 aliphatic carbocycles. The zero-order valence-corrected chi connectivity index (χ0v) is 38.7. The van der Waals surface area contributed by atoms with Crippen molar-refractivity contribution < 1.29 is 0 Å². The molecular weight excluding hydrogens is 929 g/mol. The summed E-state index contributed by atoms with van der Waals surface area (Å²) in [4.78, 5) is 0. The maximum atomic E-state index is 3.91. The lowest BCUT2D eigenvalue weighted by Crippen LogP contribution is -2.26. The Morgan fingerprint density at radius 1 is 0.227 bits per heavy atom. The predicted octanol–water partition coefficient (Wildman–Crippen LogP) is 17.5. The molecule has 0 heterocycles. The highest BCUT2D eigenvalue weighted by molar-refractivity contribution is 9.10. The number of halogens is 2. The van der Waals surface area contributed by atoms with Crippen molar-refractivity contribution in [2.24, 2.45) is 0 Å². The highest BCUT2D eigenvalue weighted by atomic mass is 79.9. The number of hydrogen-bond donors (Lipinski definition) is 0. The topological polar surface area (TPSA) is 0 Å². The summed E-state index contributed by atoms with van der Waals surface area (Å²) in [5.41, 5.74) is 25.3. The number of fused-ring (bicyclic) bond motifs is 22. The van der Waals surface area contributed by atoms with Crippen molar-refractivity contribution >= 4 is 53.4 Å². The van der Waals surface area contributed by atoms with Crippen LogP contribution in [0, 0.1) is 0 Å². The number of hydrogen-bond acceptors (Lipinski definition) is 0. The fraction of sp³-hybridized carbons (Fsp3) is 0.0312. The lowest BCUT2D eigenvalue weighted by atomic mass is 9.70. The molecular formula is C64H36Br2. The molecule has 66 heavy (non-hydrogen) atoms. The Labute approximate surface area is 400 Å². The first kappa shape index (κ1) is 37.2. The van der Waals surface area contributed by atoms with Crippen LogP contribution in [0.5, 0.6) is 0 Å². The van der Waals surface area contributed by atoms with Gasteiger partial charge < -0.3 is 0 Å². The lowest BCUT2D eigenvalue weighted by molar-refractivity contribution is 0.793. The first-order valence-electron chi connectivity index (χ1n) is 22.8. The largest absolute Gasteiger partial charge is 0.0726 e. The van der Waals surface area contributed by atoms with E-state index in [1.54, 1.807) is 0 Å². The Hall–Kier alpha value is -7.10. The van der Waals surface area contributed by atoms with Crippen molar-refractivity contribution in [2.45, 2.75) is 10.8 Å². The van der Waals surface area contributed by atoms with Crippen LogP contribution in [0.15, 0.2) is 227 Å². The first-order chi connectivity index (χ1) is 32.6. The van der Waals surface area contributed by atoms with E-state index in [4.69, 9.17) is 0 Å². The first-order valence-corrected chi connectivity index (χ1v) is 24.4. The van der Waals surface area contributed by atoms with Crippen LogP contribution in [0.1, 0.15) is 44.5 Å². The second-order valence-corrected chi connectivity index (χ2v) is 20.3. The minimum absolute atomic E-state index is 0.450. The fourth-order valence-electron chi connectivity index (χ4n) is 13.3. The molecule has 0 radical (unpaired) electrons. The highest BCUT2D eigenvalue weighted by Gasteiger charge is 2.53. The van der Waals surface area contributed by atoms with Crippen LogP contribution in [0.3, 0.4) is 0 Å². The zero-order chi connectivity index (χ0) is 43.5. The summed E-state index contributed by atoms with van der Waals surface area (Å²) in [6.07, 6.45) is 0. The van der Waals surface area contributed by atoms with Gasteiger partial charge in [-0.05, 0) is 169 Å². The molecule has 4 aliphatic rings. The van der Waals surface area contributed by atoms with Crippen LogP contribution >= 0.6 is 31.9 Å². The summed E-state index contributed by atoms with van der Waals surface area (Å²) in [5.74, 6) is 0. The molecule has 0 aliphatic heterocycles. The van der Waals surface area contributed by atoms with Crippen molar-refractivity contribution in [1.82, 2.24) is 0 Å². The van der Waals surface area contributed by atoms with E-state index in [0.717, 1.165) is 8.95 Å². The maximum absolute atomic E-state index is 3.91. The smallest absolute Gasteiger partial charge is 0.0619 e. The van der Waals surface area contributed by atoms with E-state index in [-0.39, 0.29) is 0 Å². The summed E-state index contributed by atoms with van der Waals surface area (Å²) in [5, 5.41) is 5.02. The predicted molar refractivity (Wildman–Crippen MR) is 280 cm³/mol. The van der Waals surface area contributed by atoms with Gasteiger partial charge in [-0.3, -0.25) is 0 Å². The zero-order valence-electron chi connectivity index (χ0n) is 35.5. The van der Waals surface area contributed by atoms with Crippen LogP contribution in [0.4, 0.5) is 0 Å². The van der Waals surface area contributed by atoms with E-state index >= 15 is 0 Å². The molecule has 0 nitrogen and oxygen atoms in total. The molecule has 11 aromatic carbocycles. The summed E-state index contributed by atoms with van der Waals surface area (Å²) >= 11 is 7.82. The molecule has 0 N–H and O–H groups in total. The van der Waals surface area contributed by atoms with Gasteiger partial charge in [0.15, 0.2) is 0 Å². The van der Waals surface area contributed by atoms with E-state index in [2.05, 4.69) is 250 Å². The van der Waals surface area contributed by atoms with Gasteiger partial charge in [-0.15, -0.1) is 0 Å². The van der Waals surface area contributed by atoms with Crippen LogP contribution in [-0.2, 0) is 10.8 Å². The number of rotatable bonds is 2. The van der Waals surface area contributed by atoms with Crippen LogP contribution < -0.4 is 0 Å². The quantitative estimate of drug-likeness (QED) is 0.151. The monoisotopic (exact) mass is 962 g/mol. The molecule has 0 fully saturated rings. The van der Waals surface area contributed by atoms with Crippen LogP contribution in [-0.4, -0.2) is 0 Å². The summed E-state index contributed by atoms with van der Waals surface area (Å²) in [6.45, 7) is 0. The second-order valence-electron chi connectivity index (χ2n) is 18.4. The van der Waals surface area contributed by atoms with Crippen molar-refractivity contribution in [3.05, 3.63) is 272 Å². The summed E-state index contributed by atoms with van der Waals surface area (Å²) in [7, 11) is 0. The van der Waals surface area contributed by atoms with Gasteiger partial charge in [-0.1, -0.05) is 214 Å². The van der Waals surface area contributed by atoms with Gasteiger partial charge in [0.2, 0.25) is 0 Å². The Morgan fingerprint density at radius 3 is 0.818 bits per heavy atom. The molecule has 0 bridgehead atoms. The molecule has 306 valence electrons. The van der Waals surface area contributed by atoms with Gasteiger partial charge in [-0.25, -0.2) is 0 Å². The SMILES string of the molecule is Brc1ccc2c(c1)C1(c3ccccc3-2)c2ccccc2-c2ccc(-c3c4ccccc4c(-c4ccc5c(c4)C4(c6ccccc6-c6ccc(Br)cc64)c4ccccc4-5)c4ccccc34)cc21. The molecule has 2 spiro atoms. The number of benzene rings is 11. The lowest BCUT2D eigenvalue weighted by Gasteiger charge is -2.31. The molecule has 11 aromatic rings. The van der Waals surface area contributed by atoms with Crippen molar-refractivity contribution in [1.29, 1.82) is 0 Å². The minimum Gasteiger partial charge on any atom is -0.0619 e. The standard InChI is InChI=1S/C64H36Br2/c65-39-27-31-47-43-15-7-11-23-55(43)63(59(47)35-39)53-21-9-5-13-41(53)45-29-25-37(33-57(45)63)61-49-17-1-2-18-50(49)62(52-20-4-3-19-51(52)61)38-26-30-46-42-14-6-10-22-54(42)64(58(46)34-38)56-24-12-8-16-44(56)48-32-28-40(66)36-60(48)64/h1-36H.